The van der Waals surface area contributed by atoms with Crippen molar-refractivity contribution in [3.63, 3.8) is 0 Å². The van der Waals surface area contributed by atoms with Crippen molar-refractivity contribution in [2.45, 2.75) is 12.7 Å². The molecule has 0 aliphatic rings. The molecule has 0 aliphatic carbocycles. The third-order valence-electron chi connectivity index (χ3n) is 5.36. The number of hydrogen-bond donors (Lipinski definition) is 0. The largest absolute Gasteiger partial charge is 0.497 e. The maximum Gasteiger partial charge on any atom is 0.432 e. The fourth-order valence-electron chi connectivity index (χ4n) is 3.84. The Bertz CT molecular complexity index is 1460. The first-order valence-electron chi connectivity index (χ1n) is 10.1. The monoisotopic (exact) mass is 484 g/mol. The third kappa shape index (κ3) is 3.99. The Kier molecular flexibility index (Phi) is 5.49. The lowest BCUT2D eigenvalue weighted by Crippen LogP contribution is -2.15. The van der Waals surface area contributed by atoms with Crippen LogP contribution in [0.5, 0.6) is 5.75 Å². The molecule has 0 aliphatic heterocycles. The molecule has 0 bridgehead atoms. The molecular formula is C24H16ClF3N4O2. The Balaban J connectivity index is 1.76. The van der Waals surface area contributed by atoms with Gasteiger partial charge in [-0.1, -0.05) is 23.7 Å². The fourth-order valence-corrected chi connectivity index (χ4v) is 3.97. The SMILES string of the molecule is COc1ccc2c(c1)c(-c1nnc(-c3ccncc3)o1)c(C(F)(F)F)n2Cc1ccc(Cl)cc1. The van der Waals surface area contributed by atoms with Crippen molar-refractivity contribution in [1.82, 2.24) is 19.7 Å². The molecule has 0 amide bonds. The first kappa shape index (κ1) is 22.0. The van der Waals surface area contributed by atoms with Crippen LogP contribution in [-0.4, -0.2) is 26.9 Å². The molecule has 172 valence electrons. The number of fused-ring (bicyclic) bond motifs is 1. The predicted molar refractivity (Wildman–Crippen MR) is 121 cm³/mol. The highest BCUT2D eigenvalue weighted by molar-refractivity contribution is 6.30. The number of aromatic nitrogens is 4. The molecule has 0 fully saturated rings. The lowest BCUT2D eigenvalue weighted by Gasteiger charge is -2.14. The minimum absolute atomic E-state index is 0.0415. The molecule has 10 heteroatoms. The van der Waals surface area contributed by atoms with Gasteiger partial charge < -0.3 is 13.7 Å². The number of halogens is 4. The molecule has 0 spiro atoms. The zero-order valence-corrected chi connectivity index (χ0v) is 18.4. The van der Waals surface area contributed by atoms with Crippen LogP contribution in [0.2, 0.25) is 5.02 Å². The van der Waals surface area contributed by atoms with E-state index in [1.807, 2.05) is 0 Å². The number of hydrogen-bond acceptors (Lipinski definition) is 5. The highest BCUT2D eigenvalue weighted by Crippen LogP contribution is 2.44. The Morgan fingerprint density at radius 1 is 0.971 bits per heavy atom. The van der Waals surface area contributed by atoms with Gasteiger partial charge >= 0.3 is 6.18 Å². The molecule has 5 aromatic rings. The first-order valence-corrected chi connectivity index (χ1v) is 10.5. The van der Waals surface area contributed by atoms with Gasteiger partial charge in [-0.25, -0.2) is 0 Å². The van der Waals surface area contributed by atoms with Gasteiger partial charge in [-0.3, -0.25) is 4.98 Å². The van der Waals surface area contributed by atoms with Crippen molar-refractivity contribution >= 4 is 22.5 Å². The number of benzene rings is 2. The molecule has 3 heterocycles. The molecule has 6 nitrogen and oxygen atoms in total. The van der Waals surface area contributed by atoms with Gasteiger partial charge in [-0.15, -0.1) is 10.2 Å². The number of rotatable bonds is 5. The first-order chi connectivity index (χ1) is 16.3. The highest BCUT2D eigenvalue weighted by atomic mass is 35.5. The van der Waals surface area contributed by atoms with Crippen LogP contribution in [0.4, 0.5) is 13.2 Å². The van der Waals surface area contributed by atoms with Crippen LogP contribution in [0.15, 0.2) is 71.4 Å². The van der Waals surface area contributed by atoms with E-state index in [-0.39, 0.29) is 29.3 Å². The zero-order chi connectivity index (χ0) is 23.9. The smallest absolute Gasteiger partial charge is 0.432 e. The second kappa shape index (κ2) is 8.49. The summed E-state index contributed by atoms with van der Waals surface area (Å²) in [5, 5.41) is 8.72. The molecule has 2 aromatic carbocycles. The van der Waals surface area contributed by atoms with Crippen LogP contribution >= 0.6 is 11.6 Å². The second-order valence-corrected chi connectivity index (χ2v) is 7.90. The summed E-state index contributed by atoms with van der Waals surface area (Å²) < 4.78 is 55.8. The van der Waals surface area contributed by atoms with Crippen molar-refractivity contribution < 1.29 is 22.3 Å². The number of nitrogens with zero attached hydrogens (tertiary/aromatic N) is 4. The summed E-state index contributed by atoms with van der Waals surface area (Å²) in [6.07, 6.45) is -1.65. The van der Waals surface area contributed by atoms with E-state index in [9.17, 15) is 13.2 Å². The summed E-state index contributed by atoms with van der Waals surface area (Å²) in [5.41, 5.74) is 0.447. The fraction of sp³-hybridized carbons (Fsp3) is 0.125. The Morgan fingerprint density at radius 3 is 2.35 bits per heavy atom. The van der Waals surface area contributed by atoms with E-state index in [1.54, 1.807) is 48.5 Å². The van der Waals surface area contributed by atoms with Crippen LogP contribution in [0.1, 0.15) is 11.3 Å². The molecule has 0 saturated carbocycles. The molecule has 0 atom stereocenters. The van der Waals surface area contributed by atoms with E-state index in [0.29, 0.717) is 27.4 Å². The standard InChI is InChI=1S/C24H16ClF3N4O2/c1-33-17-6-7-19-18(12-17)20(23-31-30-22(34-23)15-8-10-29-11-9-15)21(24(26,27)28)32(19)13-14-2-4-16(25)5-3-14/h2-12H,13H2,1H3. The van der Waals surface area contributed by atoms with Gasteiger partial charge in [-0.05, 0) is 48.0 Å². The molecule has 5 rings (SSSR count). The lowest BCUT2D eigenvalue weighted by atomic mass is 10.1. The third-order valence-corrected chi connectivity index (χ3v) is 5.61. The van der Waals surface area contributed by atoms with Gasteiger partial charge in [0.2, 0.25) is 5.89 Å². The average Bonchev–Trinajstić information content (AvgIpc) is 3.43. The topological polar surface area (TPSA) is 66.0 Å². The van der Waals surface area contributed by atoms with Crippen molar-refractivity contribution in [3.05, 3.63) is 83.3 Å². The van der Waals surface area contributed by atoms with Crippen molar-refractivity contribution in [3.8, 4) is 28.7 Å². The molecule has 34 heavy (non-hydrogen) atoms. The molecule has 0 radical (unpaired) electrons. The van der Waals surface area contributed by atoms with E-state index in [0.717, 1.165) is 0 Å². The molecule has 0 saturated heterocycles. The number of pyridine rings is 1. The summed E-state index contributed by atoms with van der Waals surface area (Å²) in [5.74, 6) is 0.249. The molecule has 3 aromatic heterocycles. The van der Waals surface area contributed by atoms with E-state index < -0.39 is 11.9 Å². The van der Waals surface area contributed by atoms with Crippen molar-refractivity contribution in [1.29, 1.82) is 0 Å². The highest BCUT2D eigenvalue weighted by Gasteiger charge is 2.41. The number of methoxy groups -OCH3 is 1. The van der Waals surface area contributed by atoms with E-state index >= 15 is 0 Å². The summed E-state index contributed by atoms with van der Waals surface area (Å²) in [6, 6.07) is 14.6. The maximum atomic E-state index is 14.5. The maximum absolute atomic E-state index is 14.5. The Hall–Kier alpha value is -3.85. The molecule has 0 unspecified atom stereocenters. The summed E-state index contributed by atoms with van der Waals surface area (Å²) in [4.78, 5) is 3.93. The van der Waals surface area contributed by atoms with E-state index in [1.165, 1.54) is 30.1 Å². The Morgan fingerprint density at radius 2 is 1.68 bits per heavy atom. The van der Waals surface area contributed by atoms with Crippen molar-refractivity contribution in [2.24, 2.45) is 0 Å². The summed E-state index contributed by atoms with van der Waals surface area (Å²) in [7, 11) is 1.45. The predicted octanol–water partition coefficient (Wildman–Crippen LogP) is 6.48. The zero-order valence-electron chi connectivity index (χ0n) is 17.7. The van der Waals surface area contributed by atoms with Gasteiger partial charge in [0.1, 0.15) is 11.4 Å². The lowest BCUT2D eigenvalue weighted by molar-refractivity contribution is -0.142. The van der Waals surface area contributed by atoms with Crippen LogP contribution in [0, 0.1) is 0 Å². The Labute approximate surface area is 196 Å². The second-order valence-electron chi connectivity index (χ2n) is 7.47. The van der Waals surface area contributed by atoms with Gasteiger partial charge in [0.15, 0.2) is 0 Å². The van der Waals surface area contributed by atoms with Crippen LogP contribution in [0.25, 0.3) is 33.8 Å². The minimum Gasteiger partial charge on any atom is -0.497 e. The number of ether oxygens (including phenoxy) is 1. The van der Waals surface area contributed by atoms with E-state index in [4.69, 9.17) is 20.8 Å². The molecule has 0 N–H and O–H groups in total. The summed E-state index contributed by atoms with van der Waals surface area (Å²) in [6.45, 7) is -0.0415. The van der Waals surface area contributed by atoms with Gasteiger partial charge in [0, 0.05) is 40.4 Å². The van der Waals surface area contributed by atoms with Crippen LogP contribution in [0.3, 0.4) is 0 Å². The summed E-state index contributed by atoms with van der Waals surface area (Å²) >= 11 is 5.95. The average molecular weight is 485 g/mol. The van der Waals surface area contributed by atoms with Crippen LogP contribution in [-0.2, 0) is 12.7 Å². The molecular weight excluding hydrogens is 469 g/mol. The van der Waals surface area contributed by atoms with Gasteiger partial charge in [0.25, 0.3) is 5.89 Å². The normalized spacial score (nSPS) is 11.8. The minimum atomic E-state index is -4.71. The van der Waals surface area contributed by atoms with Gasteiger partial charge in [0.05, 0.1) is 12.7 Å². The number of alkyl halides is 3. The van der Waals surface area contributed by atoms with Crippen molar-refractivity contribution in [2.75, 3.05) is 7.11 Å². The van der Waals surface area contributed by atoms with E-state index in [2.05, 4.69) is 15.2 Å². The quantitative estimate of drug-likeness (QED) is 0.285. The van der Waals surface area contributed by atoms with Crippen LogP contribution < -0.4 is 4.74 Å². The van der Waals surface area contributed by atoms with Gasteiger partial charge in [-0.2, -0.15) is 13.2 Å².